The first kappa shape index (κ1) is 16.7. The second-order valence-corrected chi connectivity index (χ2v) is 8.46. The summed E-state index contributed by atoms with van der Waals surface area (Å²) in [6.45, 7) is 3.01. The summed E-state index contributed by atoms with van der Waals surface area (Å²) < 4.78 is 25.6. The monoisotopic (exact) mass is 350 g/mol. The molecule has 0 aliphatic carbocycles. The zero-order valence-corrected chi connectivity index (χ0v) is 14.4. The second-order valence-electron chi connectivity index (χ2n) is 5.35. The van der Waals surface area contributed by atoms with Gasteiger partial charge < -0.3 is 4.90 Å². The second kappa shape index (κ2) is 6.64. The molecule has 0 saturated carbocycles. The SMILES string of the molecule is CCCC1CN(C(=O)c2sccc2Cl)CC1NS(C)(=O)=O. The fourth-order valence-electron chi connectivity index (χ4n) is 2.70. The molecular weight excluding hydrogens is 332 g/mol. The van der Waals surface area contributed by atoms with Crippen LogP contribution in [0.15, 0.2) is 11.4 Å². The van der Waals surface area contributed by atoms with E-state index in [0.717, 1.165) is 19.1 Å². The van der Waals surface area contributed by atoms with Crippen LogP contribution in [0.25, 0.3) is 0 Å². The van der Waals surface area contributed by atoms with Gasteiger partial charge in [-0.15, -0.1) is 11.3 Å². The third-order valence-corrected chi connectivity index (χ3v) is 5.62. The Kier molecular flexibility index (Phi) is 5.29. The summed E-state index contributed by atoms with van der Waals surface area (Å²) >= 11 is 7.32. The number of amides is 1. The van der Waals surface area contributed by atoms with Gasteiger partial charge in [0.25, 0.3) is 5.91 Å². The van der Waals surface area contributed by atoms with Gasteiger partial charge in [0.15, 0.2) is 0 Å². The molecule has 118 valence electrons. The lowest BCUT2D eigenvalue weighted by atomic mass is 9.99. The van der Waals surface area contributed by atoms with E-state index in [1.54, 1.807) is 16.3 Å². The molecule has 0 aromatic carbocycles. The molecule has 1 aromatic heterocycles. The summed E-state index contributed by atoms with van der Waals surface area (Å²) in [5.74, 6) is 0.0290. The number of thiophene rings is 1. The number of hydrogen-bond acceptors (Lipinski definition) is 4. The summed E-state index contributed by atoms with van der Waals surface area (Å²) in [4.78, 5) is 14.7. The molecule has 1 aromatic rings. The minimum atomic E-state index is -3.28. The average Bonchev–Trinajstić information content (AvgIpc) is 2.95. The first-order valence-corrected chi connectivity index (χ1v) is 9.96. The highest BCUT2D eigenvalue weighted by Gasteiger charge is 2.37. The number of hydrogen-bond donors (Lipinski definition) is 1. The van der Waals surface area contributed by atoms with Crippen LogP contribution in [0, 0.1) is 5.92 Å². The number of halogens is 1. The van der Waals surface area contributed by atoms with Gasteiger partial charge in [0.1, 0.15) is 4.88 Å². The fraction of sp³-hybridized carbons (Fsp3) is 0.615. The zero-order valence-electron chi connectivity index (χ0n) is 12.0. The van der Waals surface area contributed by atoms with Gasteiger partial charge in [-0.05, 0) is 23.8 Å². The maximum Gasteiger partial charge on any atom is 0.265 e. The van der Waals surface area contributed by atoms with Gasteiger partial charge in [-0.1, -0.05) is 24.9 Å². The number of sulfonamides is 1. The quantitative estimate of drug-likeness (QED) is 0.885. The molecule has 8 heteroatoms. The molecule has 2 unspecified atom stereocenters. The lowest BCUT2D eigenvalue weighted by molar-refractivity contribution is 0.0790. The molecule has 2 atom stereocenters. The van der Waals surface area contributed by atoms with E-state index in [0.29, 0.717) is 23.0 Å². The molecule has 5 nitrogen and oxygen atoms in total. The van der Waals surface area contributed by atoms with E-state index in [4.69, 9.17) is 11.6 Å². The van der Waals surface area contributed by atoms with Gasteiger partial charge >= 0.3 is 0 Å². The van der Waals surface area contributed by atoms with Crippen LogP contribution in [0.2, 0.25) is 5.02 Å². The molecule has 0 radical (unpaired) electrons. The molecule has 1 saturated heterocycles. The smallest absolute Gasteiger partial charge is 0.265 e. The average molecular weight is 351 g/mol. The van der Waals surface area contributed by atoms with Crippen molar-refractivity contribution in [2.24, 2.45) is 5.92 Å². The van der Waals surface area contributed by atoms with Crippen molar-refractivity contribution in [1.29, 1.82) is 0 Å². The van der Waals surface area contributed by atoms with Crippen molar-refractivity contribution in [3.63, 3.8) is 0 Å². The zero-order chi connectivity index (χ0) is 15.6. The Balaban J connectivity index is 2.13. The van der Waals surface area contributed by atoms with Crippen LogP contribution in [0.5, 0.6) is 0 Å². The van der Waals surface area contributed by atoms with Crippen LogP contribution >= 0.6 is 22.9 Å². The number of rotatable bonds is 5. The highest BCUT2D eigenvalue weighted by Crippen LogP contribution is 2.28. The van der Waals surface area contributed by atoms with Gasteiger partial charge in [0.2, 0.25) is 10.0 Å². The maximum atomic E-state index is 12.5. The summed E-state index contributed by atoms with van der Waals surface area (Å²) in [5.41, 5.74) is 0. The lowest BCUT2D eigenvalue weighted by Crippen LogP contribution is -2.40. The highest BCUT2D eigenvalue weighted by molar-refractivity contribution is 7.88. The molecule has 0 bridgehead atoms. The molecule has 21 heavy (non-hydrogen) atoms. The lowest BCUT2D eigenvalue weighted by Gasteiger charge is -2.17. The predicted molar refractivity (Wildman–Crippen MR) is 85.4 cm³/mol. The van der Waals surface area contributed by atoms with Crippen LogP contribution in [-0.2, 0) is 10.0 Å². The largest absolute Gasteiger partial charge is 0.336 e. The number of carbonyl (C=O) groups excluding carboxylic acids is 1. The van der Waals surface area contributed by atoms with Crippen molar-refractivity contribution in [3.8, 4) is 0 Å². The van der Waals surface area contributed by atoms with Gasteiger partial charge in [-0.3, -0.25) is 4.79 Å². The molecule has 2 heterocycles. The molecule has 1 aliphatic heterocycles. The van der Waals surface area contributed by atoms with Crippen molar-refractivity contribution in [2.45, 2.75) is 25.8 Å². The van der Waals surface area contributed by atoms with Crippen LogP contribution in [0.1, 0.15) is 29.4 Å². The molecule has 1 N–H and O–H groups in total. The van der Waals surface area contributed by atoms with Gasteiger partial charge in [-0.25, -0.2) is 13.1 Å². The minimum Gasteiger partial charge on any atom is -0.336 e. The van der Waals surface area contributed by atoms with Crippen molar-refractivity contribution in [1.82, 2.24) is 9.62 Å². The van der Waals surface area contributed by atoms with E-state index >= 15 is 0 Å². The number of nitrogens with zero attached hydrogens (tertiary/aromatic N) is 1. The normalized spacial score (nSPS) is 22.7. The third kappa shape index (κ3) is 4.18. The van der Waals surface area contributed by atoms with Crippen LogP contribution < -0.4 is 4.72 Å². The van der Waals surface area contributed by atoms with Crippen molar-refractivity contribution < 1.29 is 13.2 Å². The van der Waals surface area contributed by atoms with E-state index in [2.05, 4.69) is 11.6 Å². The van der Waals surface area contributed by atoms with Crippen LogP contribution in [0.4, 0.5) is 0 Å². The highest BCUT2D eigenvalue weighted by atomic mass is 35.5. The van der Waals surface area contributed by atoms with Crippen LogP contribution in [-0.4, -0.2) is 44.6 Å². The molecule has 1 aliphatic rings. The first-order valence-electron chi connectivity index (χ1n) is 6.81. The standard InChI is InChI=1S/C13H19ClN2O3S2/c1-3-4-9-7-16(8-11(9)15-21(2,18)19)13(17)12-10(14)5-6-20-12/h5-6,9,11,15H,3-4,7-8H2,1-2H3. The Hall–Kier alpha value is -0.630. The maximum absolute atomic E-state index is 12.5. The summed E-state index contributed by atoms with van der Waals surface area (Å²) in [7, 11) is -3.28. The van der Waals surface area contributed by atoms with Gasteiger partial charge in [-0.2, -0.15) is 0 Å². The molecule has 2 rings (SSSR count). The molecular formula is C13H19ClN2O3S2. The Morgan fingerprint density at radius 2 is 2.24 bits per heavy atom. The summed E-state index contributed by atoms with van der Waals surface area (Å²) in [5, 5.41) is 2.23. The molecule has 1 fully saturated rings. The van der Waals surface area contributed by atoms with E-state index in [1.165, 1.54) is 11.3 Å². The number of carbonyl (C=O) groups is 1. The fourth-order valence-corrected chi connectivity index (χ4v) is 4.62. The summed E-state index contributed by atoms with van der Waals surface area (Å²) in [6, 6.07) is 1.48. The number of nitrogens with one attached hydrogen (secondary N) is 1. The first-order chi connectivity index (χ1) is 9.81. The van der Waals surface area contributed by atoms with Crippen molar-refractivity contribution >= 4 is 38.9 Å². The van der Waals surface area contributed by atoms with E-state index < -0.39 is 10.0 Å². The Morgan fingerprint density at radius 3 is 2.76 bits per heavy atom. The van der Waals surface area contributed by atoms with Gasteiger partial charge in [0, 0.05) is 19.1 Å². The molecule has 0 spiro atoms. The van der Waals surface area contributed by atoms with Crippen molar-refractivity contribution in [2.75, 3.05) is 19.3 Å². The van der Waals surface area contributed by atoms with Gasteiger partial charge in [0.05, 0.1) is 11.3 Å². The summed E-state index contributed by atoms with van der Waals surface area (Å²) in [6.07, 6.45) is 2.99. The third-order valence-electron chi connectivity index (χ3n) is 3.56. The minimum absolute atomic E-state index is 0.117. The van der Waals surface area contributed by atoms with E-state index in [9.17, 15) is 13.2 Å². The Morgan fingerprint density at radius 1 is 1.52 bits per heavy atom. The molecule has 1 amide bonds. The van der Waals surface area contributed by atoms with Crippen molar-refractivity contribution in [3.05, 3.63) is 21.3 Å². The Bertz CT molecular complexity index is 615. The van der Waals surface area contributed by atoms with E-state index in [1.807, 2.05) is 0 Å². The topological polar surface area (TPSA) is 66.5 Å². The number of likely N-dealkylation sites (tertiary alicyclic amines) is 1. The van der Waals surface area contributed by atoms with Crippen LogP contribution in [0.3, 0.4) is 0 Å². The predicted octanol–water partition coefficient (Wildman–Crippen LogP) is 2.19. The van der Waals surface area contributed by atoms with E-state index in [-0.39, 0.29) is 17.9 Å². The Labute approximate surface area is 134 Å².